The van der Waals surface area contributed by atoms with Crippen molar-refractivity contribution in [1.29, 1.82) is 0 Å². The van der Waals surface area contributed by atoms with Gasteiger partial charge in [-0.25, -0.2) is 4.98 Å². The summed E-state index contributed by atoms with van der Waals surface area (Å²) in [5, 5.41) is 1.92. The summed E-state index contributed by atoms with van der Waals surface area (Å²) in [6, 6.07) is 3.76. The van der Waals surface area contributed by atoms with Crippen LogP contribution in [0.25, 0.3) is 0 Å². The lowest BCUT2D eigenvalue weighted by Crippen LogP contribution is -2.39. The maximum Gasteiger partial charge on any atom is 0.264 e. The van der Waals surface area contributed by atoms with Crippen LogP contribution in [-0.2, 0) is 17.9 Å². The summed E-state index contributed by atoms with van der Waals surface area (Å²) in [6.07, 6.45) is 5.35. The minimum Gasteiger partial charge on any atom is -0.342 e. The van der Waals surface area contributed by atoms with Gasteiger partial charge in [0.05, 0.1) is 11.4 Å². The predicted octanol–water partition coefficient (Wildman–Crippen LogP) is 1.84. The first-order valence-electron chi connectivity index (χ1n) is 8.31. The second-order valence-corrected chi connectivity index (χ2v) is 7.42. The van der Waals surface area contributed by atoms with Gasteiger partial charge in [-0.05, 0) is 17.9 Å². The number of thiophene rings is 1. The van der Waals surface area contributed by atoms with Crippen molar-refractivity contribution >= 4 is 23.2 Å². The molecule has 2 aliphatic rings. The molecule has 4 heterocycles. The second kappa shape index (κ2) is 6.39. The molecule has 0 bridgehead atoms. The van der Waals surface area contributed by atoms with E-state index in [1.165, 1.54) is 11.3 Å². The van der Waals surface area contributed by atoms with Crippen molar-refractivity contribution in [2.45, 2.75) is 25.9 Å². The lowest BCUT2D eigenvalue weighted by molar-refractivity contribution is -0.128. The second-order valence-electron chi connectivity index (χ2n) is 6.47. The summed E-state index contributed by atoms with van der Waals surface area (Å²) in [5.41, 5.74) is 0. The first kappa shape index (κ1) is 15.4. The average Bonchev–Trinajstić information content (AvgIpc) is 3.29. The molecule has 0 unspecified atom stereocenters. The minimum atomic E-state index is 0.0548. The van der Waals surface area contributed by atoms with Crippen LogP contribution in [0.2, 0.25) is 0 Å². The largest absolute Gasteiger partial charge is 0.342 e. The number of amides is 2. The Hall–Kier alpha value is -2.15. The van der Waals surface area contributed by atoms with Crippen molar-refractivity contribution in [3.05, 3.63) is 40.6 Å². The highest BCUT2D eigenvalue weighted by molar-refractivity contribution is 7.12. The fraction of sp³-hybridized carbons (Fsp3) is 0.471. The number of nitrogens with zero attached hydrogens (tertiary/aromatic N) is 4. The fourth-order valence-corrected chi connectivity index (χ4v) is 4.27. The Bertz CT molecular complexity index is 740. The number of rotatable bonds is 3. The molecular weight excluding hydrogens is 324 g/mol. The van der Waals surface area contributed by atoms with E-state index in [0.29, 0.717) is 26.1 Å². The van der Waals surface area contributed by atoms with Gasteiger partial charge in [0.15, 0.2) is 0 Å². The number of hydrogen-bond donors (Lipinski definition) is 0. The normalized spacial score (nSPS) is 21.0. The van der Waals surface area contributed by atoms with E-state index < -0.39 is 0 Å². The number of fused-ring (bicyclic) bond motifs is 1. The summed E-state index contributed by atoms with van der Waals surface area (Å²) >= 11 is 1.47. The van der Waals surface area contributed by atoms with Gasteiger partial charge in [0.25, 0.3) is 5.91 Å². The Labute approximate surface area is 144 Å². The number of likely N-dealkylation sites (tertiary alicyclic amines) is 1. The van der Waals surface area contributed by atoms with Crippen LogP contribution in [-0.4, -0.2) is 50.8 Å². The zero-order valence-corrected chi connectivity index (χ0v) is 14.2. The number of imidazole rings is 1. The van der Waals surface area contributed by atoms with Crippen molar-refractivity contribution in [3.8, 4) is 0 Å². The molecule has 0 N–H and O–H groups in total. The van der Waals surface area contributed by atoms with Gasteiger partial charge in [-0.2, -0.15) is 0 Å². The van der Waals surface area contributed by atoms with E-state index in [9.17, 15) is 9.59 Å². The summed E-state index contributed by atoms with van der Waals surface area (Å²) in [5.74, 6) is 1.43. The molecular formula is C17H20N4O2S. The number of aromatic nitrogens is 2. The van der Waals surface area contributed by atoms with Crippen molar-refractivity contribution in [1.82, 2.24) is 19.4 Å². The molecule has 1 saturated heterocycles. The van der Waals surface area contributed by atoms with Gasteiger partial charge in [0.2, 0.25) is 5.91 Å². The van der Waals surface area contributed by atoms with Crippen molar-refractivity contribution < 1.29 is 9.59 Å². The predicted molar refractivity (Wildman–Crippen MR) is 90.6 cm³/mol. The van der Waals surface area contributed by atoms with E-state index in [-0.39, 0.29) is 17.7 Å². The van der Waals surface area contributed by atoms with E-state index in [2.05, 4.69) is 9.55 Å². The molecule has 0 spiro atoms. The Kier molecular flexibility index (Phi) is 4.10. The molecule has 2 aromatic heterocycles. The third-order valence-electron chi connectivity index (χ3n) is 4.74. The van der Waals surface area contributed by atoms with E-state index in [4.69, 9.17) is 0 Å². The Balaban J connectivity index is 1.56. The SMILES string of the molecule is O=C1CCCN1C[C@H]1CN(C(=O)c2cccs2)Cc2nccn2C1. The number of hydrogen-bond acceptors (Lipinski definition) is 4. The monoisotopic (exact) mass is 344 g/mol. The molecule has 0 aromatic carbocycles. The molecule has 4 rings (SSSR count). The van der Waals surface area contributed by atoms with Crippen LogP contribution in [0.3, 0.4) is 0 Å². The van der Waals surface area contributed by atoms with Crippen LogP contribution in [0.1, 0.15) is 28.3 Å². The van der Waals surface area contributed by atoms with Crippen LogP contribution in [0.5, 0.6) is 0 Å². The molecule has 0 saturated carbocycles. The van der Waals surface area contributed by atoms with E-state index >= 15 is 0 Å². The number of carbonyl (C=O) groups is 2. The van der Waals surface area contributed by atoms with E-state index in [1.54, 1.807) is 6.20 Å². The van der Waals surface area contributed by atoms with Crippen LogP contribution >= 0.6 is 11.3 Å². The number of carbonyl (C=O) groups excluding carboxylic acids is 2. The van der Waals surface area contributed by atoms with Gasteiger partial charge in [0.1, 0.15) is 5.82 Å². The first-order chi connectivity index (χ1) is 11.7. The van der Waals surface area contributed by atoms with Gasteiger partial charge >= 0.3 is 0 Å². The molecule has 2 amide bonds. The van der Waals surface area contributed by atoms with Crippen LogP contribution in [0.15, 0.2) is 29.9 Å². The first-order valence-corrected chi connectivity index (χ1v) is 9.19. The van der Waals surface area contributed by atoms with Crippen LogP contribution in [0, 0.1) is 5.92 Å². The molecule has 24 heavy (non-hydrogen) atoms. The molecule has 1 atom stereocenters. The third kappa shape index (κ3) is 2.96. The Morgan fingerprint density at radius 1 is 1.38 bits per heavy atom. The highest BCUT2D eigenvalue weighted by Crippen LogP contribution is 2.22. The highest BCUT2D eigenvalue weighted by Gasteiger charge is 2.30. The third-order valence-corrected chi connectivity index (χ3v) is 5.59. The lowest BCUT2D eigenvalue weighted by atomic mass is 10.1. The highest BCUT2D eigenvalue weighted by atomic mass is 32.1. The summed E-state index contributed by atoms with van der Waals surface area (Å²) < 4.78 is 2.12. The molecule has 6 nitrogen and oxygen atoms in total. The lowest BCUT2D eigenvalue weighted by Gasteiger charge is -2.27. The smallest absolute Gasteiger partial charge is 0.264 e. The Morgan fingerprint density at radius 2 is 2.29 bits per heavy atom. The zero-order valence-electron chi connectivity index (χ0n) is 13.4. The van der Waals surface area contributed by atoms with E-state index in [0.717, 1.165) is 30.2 Å². The summed E-state index contributed by atoms with van der Waals surface area (Å²) in [6.45, 7) is 3.53. The van der Waals surface area contributed by atoms with Gasteiger partial charge in [-0.3, -0.25) is 9.59 Å². The Morgan fingerprint density at radius 3 is 3.04 bits per heavy atom. The van der Waals surface area contributed by atoms with Crippen molar-refractivity contribution in [2.24, 2.45) is 5.92 Å². The van der Waals surface area contributed by atoms with Gasteiger partial charge in [-0.15, -0.1) is 11.3 Å². The zero-order chi connectivity index (χ0) is 16.5. The van der Waals surface area contributed by atoms with Gasteiger partial charge in [0, 0.05) is 50.9 Å². The maximum absolute atomic E-state index is 12.8. The van der Waals surface area contributed by atoms with Crippen LogP contribution in [0.4, 0.5) is 0 Å². The molecule has 1 fully saturated rings. The quantitative estimate of drug-likeness (QED) is 0.854. The van der Waals surface area contributed by atoms with Crippen molar-refractivity contribution in [3.63, 3.8) is 0 Å². The molecule has 0 radical (unpaired) electrons. The minimum absolute atomic E-state index is 0.0548. The molecule has 7 heteroatoms. The molecule has 2 aromatic rings. The molecule has 2 aliphatic heterocycles. The van der Waals surface area contributed by atoms with E-state index in [1.807, 2.05) is 33.5 Å². The van der Waals surface area contributed by atoms with Gasteiger partial charge < -0.3 is 14.4 Å². The molecule has 0 aliphatic carbocycles. The van der Waals surface area contributed by atoms with Crippen molar-refractivity contribution in [2.75, 3.05) is 19.6 Å². The summed E-state index contributed by atoms with van der Waals surface area (Å²) in [7, 11) is 0. The van der Waals surface area contributed by atoms with Gasteiger partial charge in [-0.1, -0.05) is 6.07 Å². The average molecular weight is 344 g/mol. The topological polar surface area (TPSA) is 58.4 Å². The summed E-state index contributed by atoms with van der Waals surface area (Å²) in [4.78, 5) is 33.8. The fourth-order valence-electron chi connectivity index (χ4n) is 3.58. The van der Waals surface area contributed by atoms with Crippen LogP contribution < -0.4 is 0 Å². The standard InChI is InChI=1S/C17H20N4O2S/c22-16-4-1-6-20(16)10-13-9-19-7-5-18-15(19)12-21(11-13)17(23)14-3-2-8-24-14/h2-3,5,7-8,13H,1,4,6,9-12H2/t13-/m0/s1. The molecule has 126 valence electrons. The maximum atomic E-state index is 12.8.